The number of carbonyl (C=O) groups excluding carboxylic acids is 1. The Hall–Kier alpha value is -3.11. The molecule has 0 bridgehead atoms. The van der Waals surface area contributed by atoms with Gasteiger partial charge in [-0.1, -0.05) is 0 Å². The largest absolute Gasteiger partial charge is 0.416 e. The fraction of sp³-hybridized carbons (Fsp3) is 0.188. The van der Waals surface area contributed by atoms with Gasteiger partial charge in [0.05, 0.1) is 23.2 Å². The first-order chi connectivity index (χ1) is 12.5. The minimum Gasteiger partial charge on any atom is -0.345 e. The molecule has 1 aromatic carbocycles. The van der Waals surface area contributed by atoms with Gasteiger partial charge in [0.1, 0.15) is 5.82 Å². The van der Waals surface area contributed by atoms with E-state index in [9.17, 15) is 31.1 Å². The van der Waals surface area contributed by atoms with Crippen molar-refractivity contribution in [1.82, 2.24) is 20.3 Å². The number of nitrogens with one attached hydrogen (secondary N) is 2. The van der Waals surface area contributed by atoms with Gasteiger partial charge >= 0.3 is 12.4 Å². The highest BCUT2D eigenvalue weighted by atomic mass is 19.4. The van der Waals surface area contributed by atoms with E-state index in [1.54, 1.807) is 12.1 Å². The molecule has 0 aliphatic heterocycles. The molecule has 27 heavy (non-hydrogen) atoms. The zero-order valence-electron chi connectivity index (χ0n) is 13.2. The van der Waals surface area contributed by atoms with Crippen molar-refractivity contribution in [3.05, 3.63) is 59.0 Å². The molecule has 2 heterocycles. The first kappa shape index (κ1) is 18.7. The molecule has 142 valence electrons. The molecule has 0 radical (unpaired) electrons. The molecule has 0 saturated heterocycles. The molecule has 0 atom stereocenters. The zero-order chi connectivity index (χ0) is 19.8. The first-order valence-corrected chi connectivity index (χ1v) is 7.41. The summed E-state index contributed by atoms with van der Waals surface area (Å²) >= 11 is 0. The molecule has 5 nitrogen and oxygen atoms in total. The molecule has 0 aliphatic rings. The van der Waals surface area contributed by atoms with Crippen LogP contribution in [0.15, 0.2) is 36.5 Å². The maximum absolute atomic E-state index is 12.8. The van der Waals surface area contributed by atoms with Crippen molar-refractivity contribution in [1.29, 1.82) is 0 Å². The van der Waals surface area contributed by atoms with Crippen LogP contribution in [-0.4, -0.2) is 20.9 Å². The number of halogens is 6. The van der Waals surface area contributed by atoms with Gasteiger partial charge in [0.2, 0.25) is 0 Å². The van der Waals surface area contributed by atoms with Gasteiger partial charge in [-0.25, -0.2) is 9.97 Å². The van der Waals surface area contributed by atoms with Gasteiger partial charge in [0.25, 0.3) is 5.91 Å². The van der Waals surface area contributed by atoms with Crippen LogP contribution in [0.5, 0.6) is 0 Å². The number of amides is 1. The van der Waals surface area contributed by atoms with Crippen LogP contribution in [0.25, 0.3) is 11.2 Å². The van der Waals surface area contributed by atoms with Crippen LogP contribution >= 0.6 is 0 Å². The van der Waals surface area contributed by atoms with E-state index in [0.29, 0.717) is 23.3 Å². The molecule has 1 amide bonds. The van der Waals surface area contributed by atoms with E-state index in [4.69, 9.17) is 0 Å². The highest BCUT2D eigenvalue weighted by Gasteiger charge is 2.37. The Bertz CT molecular complexity index is 927. The van der Waals surface area contributed by atoms with Crippen molar-refractivity contribution in [2.45, 2.75) is 18.9 Å². The van der Waals surface area contributed by atoms with E-state index < -0.39 is 35.0 Å². The Morgan fingerprint density at radius 2 is 1.67 bits per heavy atom. The highest BCUT2D eigenvalue weighted by Crippen LogP contribution is 2.36. The smallest absolute Gasteiger partial charge is 0.345 e. The lowest BCUT2D eigenvalue weighted by Gasteiger charge is -2.14. The summed E-state index contributed by atoms with van der Waals surface area (Å²) in [4.78, 5) is 22.9. The van der Waals surface area contributed by atoms with Crippen molar-refractivity contribution in [2.24, 2.45) is 0 Å². The molecule has 0 fully saturated rings. The second-order valence-electron chi connectivity index (χ2n) is 5.54. The van der Waals surface area contributed by atoms with Crippen LogP contribution in [0.3, 0.4) is 0 Å². The standard InChI is InChI=1S/C16H10F6N4O/c17-15(18,19)9-4-8(5-10(6-9)16(20,21)22)14(27)24-7-12-25-11-2-1-3-23-13(11)26-12/h1-6H,7H2,(H,24,27)(H,23,25,26). The monoisotopic (exact) mass is 388 g/mol. The average molecular weight is 388 g/mol. The molecule has 0 spiro atoms. The van der Waals surface area contributed by atoms with E-state index in [2.05, 4.69) is 20.3 Å². The van der Waals surface area contributed by atoms with Gasteiger partial charge in [-0.05, 0) is 30.3 Å². The van der Waals surface area contributed by atoms with Crippen LogP contribution in [0.2, 0.25) is 0 Å². The van der Waals surface area contributed by atoms with Gasteiger partial charge < -0.3 is 10.3 Å². The van der Waals surface area contributed by atoms with Crippen LogP contribution < -0.4 is 5.32 Å². The number of hydrogen-bond donors (Lipinski definition) is 2. The fourth-order valence-corrected chi connectivity index (χ4v) is 2.33. The van der Waals surface area contributed by atoms with E-state index in [0.717, 1.165) is 0 Å². The Morgan fingerprint density at radius 3 is 2.22 bits per heavy atom. The number of carbonyl (C=O) groups is 1. The molecular formula is C16H10F6N4O. The third kappa shape index (κ3) is 4.18. The predicted octanol–water partition coefficient (Wildman–Crippen LogP) is 3.93. The summed E-state index contributed by atoms with van der Waals surface area (Å²) in [6.45, 7) is -0.229. The molecule has 2 N–H and O–H groups in total. The molecule has 0 unspecified atom stereocenters. The zero-order valence-corrected chi connectivity index (χ0v) is 13.2. The fourth-order valence-electron chi connectivity index (χ4n) is 2.33. The van der Waals surface area contributed by atoms with Crippen molar-refractivity contribution in [3.8, 4) is 0 Å². The van der Waals surface area contributed by atoms with E-state index >= 15 is 0 Å². The summed E-state index contributed by atoms with van der Waals surface area (Å²) in [7, 11) is 0. The van der Waals surface area contributed by atoms with Crippen molar-refractivity contribution < 1.29 is 31.1 Å². The summed E-state index contributed by atoms with van der Waals surface area (Å²) in [6, 6.07) is 4.00. The summed E-state index contributed by atoms with van der Waals surface area (Å²) in [5.41, 5.74) is -2.95. The molecular weight excluding hydrogens is 378 g/mol. The number of nitrogens with zero attached hydrogens (tertiary/aromatic N) is 2. The van der Waals surface area contributed by atoms with Gasteiger partial charge in [-0.3, -0.25) is 4.79 Å². The first-order valence-electron chi connectivity index (χ1n) is 7.41. The average Bonchev–Trinajstić information content (AvgIpc) is 3.00. The lowest BCUT2D eigenvalue weighted by molar-refractivity contribution is -0.143. The molecule has 0 aliphatic carbocycles. The lowest BCUT2D eigenvalue weighted by atomic mass is 10.0. The Morgan fingerprint density at radius 1 is 1.04 bits per heavy atom. The van der Waals surface area contributed by atoms with Crippen LogP contribution in [0.1, 0.15) is 27.3 Å². The van der Waals surface area contributed by atoms with Crippen LogP contribution in [-0.2, 0) is 18.9 Å². The second kappa shape index (κ2) is 6.56. The second-order valence-corrected chi connectivity index (χ2v) is 5.54. The Kier molecular flexibility index (Phi) is 4.54. The van der Waals surface area contributed by atoms with Gasteiger partial charge in [0.15, 0.2) is 5.65 Å². The SMILES string of the molecule is O=C(NCc1nc2ncccc2[nH]1)c1cc(C(F)(F)F)cc(C(F)(F)F)c1. The minimum atomic E-state index is -5.03. The number of fused-ring (bicyclic) bond motifs is 1. The van der Waals surface area contributed by atoms with Crippen molar-refractivity contribution in [2.75, 3.05) is 0 Å². The normalized spacial score (nSPS) is 12.4. The quantitative estimate of drug-likeness (QED) is 0.668. The number of hydrogen-bond acceptors (Lipinski definition) is 3. The van der Waals surface area contributed by atoms with E-state index in [1.165, 1.54) is 6.20 Å². The van der Waals surface area contributed by atoms with Crippen molar-refractivity contribution >= 4 is 17.1 Å². The molecule has 11 heteroatoms. The minimum absolute atomic E-state index is 0.0400. The topological polar surface area (TPSA) is 70.7 Å². The van der Waals surface area contributed by atoms with Gasteiger partial charge in [0, 0.05) is 11.8 Å². The summed E-state index contributed by atoms with van der Waals surface area (Å²) in [5.74, 6) is -0.847. The van der Waals surface area contributed by atoms with Crippen LogP contribution in [0, 0.1) is 0 Å². The van der Waals surface area contributed by atoms with Crippen LogP contribution in [0.4, 0.5) is 26.3 Å². The van der Waals surface area contributed by atoms with Gasteiger partial charge in [-0.15, -0.1) is 0 Å². The number of pyridine rings is 1. The Labute approximate surface area is 147 Å². The summed E-state index contributed by atoms with van der Waals surface area (Å²) < 4.78 is 77.1. The maximum atomic E-state index is 12.8. The number of imidazole rings is 1. The lowest BCUT2D eigenvalue weighted by Crippen LogP contribution is -2.24. The molecule has 3 rings (SSSR count). The predicted molar refractivity (Wildman–Crippen MR) is 81.5 cm³/mol. The summed E-state index contributed by atoms with van der Waals surface area (Å²) in [5, 5.41) is 2.24. The highest BCUT2D eigenvalue weighted by molar-refractivity contribution is 5.94. The molecule has 3 aromatic rings. The summed E-state index contributed by atoms with van der Waals surface area (Å²) in [6.07, 6.45) is -8.56. The third-order valence-corrected chi connectivity index (χ3v) is 3.57. The third-order valence-electron chi connectivity index (χ3n) is 3.57. The maximum Gasteiger partial charge on any atom is 0.416 e. The number of aromatic amines is 1. The molecule has 0 saturated carbocycles. The van der Waals surface area contributed by atoms with E-state index in [-0.39, 0.29) is 18.4 Å². The number of alkyl halides is 6. The number of H-pyrrole nitrogens is 1. The number of rotatable bonds is 3. The molecule has 2 aromatic heterocycles. The van der Waals surface area contributed by atoms with E-state index in [1.807, 2.05) is 0 Å². The van der Waals surface area contributed by atoms with Gasteiger partial charge in [-0.2, -0.15) is 26.3 Å². The van der Waals surface area contributed by atoms with Crippen molar-refractivity contribution in [3.63, 3.8) is 0 Å². The Balaban J connectivity index is 1.84. The number of aromatic nitrogens is 3. The number of benzene rings is 1.